The van der Waals surface area contributed by atoms with Gasteiger partial charge in [0, 0.05) is 11.4 Å². The Morgan fingerprint density at radius 1 is 1.13 bits per heavy atom. The van der Waals surface area contributed by atoms with E-state index >= 15 is 0 Å². The van der Waals surface area contributed by atoms with Gasteiger partial charge in [0.05, 0.1) is 25.5 Å². The highest BCUT2D eigenvalue weighted by atomic mass is 32.2. The predicted octanol–water partition coefficient (Wildman–Crippen LogP) is 3.82. The van der Waals surface area contributed by atoms with Crippen LogP contribution in [0.5, 0.6) is 5.75 Å². The molecule has 2 aromatic rings. The minimum Gasteiger partial charge on any atom is -0.496 e. The number of nitrogens with zero attached hydrogens (tertiary/aromatic N) is 1. The summed E-state index contributed by atoms with van der Waals surface area (Å²) in [4.78, 5) is 29.5. The van der Waals surface area contributed by atoms with Crippen molar-refractivity contribution in [2.45, 2.75) is 19.9 Å². The van der Waals surface area contributed by atoms with Gasteiger partial charge in [-0.05, 0) is 43.2 Å². The van der Waals surface area contributed by atoms with Gasteiger partial charge in [-0.15, -0.1) is 0 Å². The van der Waals surface area contributed by atoms with E-state index in [1.807, 2.05) is 62.4 Å². The lowest BCUT2D eigenvalue weighted by molar-refractivity contribution is -0.137. The van der Waals surface area contributed by atoms with Crippen molar-refractivity contribution >= 4 is 34.5 Å². The molecule has 3 rings (SSSR count). The Bertz CT molecular complexity index is 1030. The number of rotatable bonds is 6. The van der Waals surface area contributed by atoms with Crippen LogP contribution >= 0.6 is 11.8 Å². The quantitative estimate of drug-likeness (QED) is 0.665. The highest BCUT2D eigenvalue weighted by Crippen LogP contribution is 2.35. The molecule has 1 atom stereocenters. The second kappa shape index (κ2) is 10.2. The number of esters is 1. The lowest BCUT2D eigenvalue weighted by atomic mass is 9.94. The smallest absolute Gasteiger partial charge is 0.316 e. The van der Waals surface area contributed by atoms with Crippen LogP contribution in [0.25, 0.3) is 0 Å². The molecule has 2 N–H and O–H groups in total. The molecular weight excluding hydrogens is 414 g/mol. The number of benzene rings is 2. The molecule has 1 amide bonds. The van der Waals surface area contributed by atoms with Gasteiger partial charge in [-0.2, -0.15) is 0 Å². The molecule has 0 fully saturated rings. The van der Waals surface area contributed by atoms with E-state index in [9.17, 15) is 9.59 Å². The Hall–Kier alpha value is -3.26. The molecule has 7 nitrogen and oxygen atoms in total. The lowest BCUT2D eigenvalue weighted by Gasteiger charge is -2.26. The first-order chi connectivity index (χ1) is 14.9. The summed E-state index contributed by atoms with van der Waals surface area (Å²) >= 11 is 1.23. The molecule has 8 heteroatoms. The van der Waals surface area contributed by atoms with Crippen molar-refractivity contribution in [2.75, 3.05) is 25.3 Å². The van der Waals surface area contributed by atoms with Gasteiger partial charge in [0.2, 0.25) is 0 Å². The first-order valence-corrected chi connectivity index (χ1v) is 10.7. The molecule has 0 aromatic heterocycles. The largest absolute Gasteiger partial charge is 0.496 e. The number of hydrogen-bond donors (Lipinski definition) is 2. The van der Waals surface area contributed by atoms with Crippen molar-refractivity contribution in [1.29, 1.82) is 0 Å². The summed E-state index contributed by atoms with van der Waals surface area (Å²) in [5.41, 5.74) is 3.67. The van der Waals surface area contributed by atoms with Crippen molar-refractivity contribution in [3.63, 3.8) is 0 Å². The topological polar surface area (TPSA) is 89.0 Å². The maximum absolute atomic E-state index is 13.2. The van der Waals surface area contributed by atoms with Crippen molar-refractivity contribution in [3.8, 4) is 5.75 Å². The van der Waals surface area contributed by atoms with Crippen LogP contribution in [0.3, 0.4) is 0 Å². The molecule has 0 bridgehead atoms. The number of nitrogens with one attached hydrogen (secondary N) is 2. The zero-order chi connectivity index (χ0) is 22.4. The number of carbonyl (C=O) groups is 2. The van der Waals surface area contributed by atoms with E-state index < -0.39 is 6.04 Å². The van der Waals surface area contributed by atoms with E-state index in [-0.39, 0.29) is 17.6 Å². The van der Waals surface area contributed by atoms with Crippen LogP contribution in [0, 0.1) is 6.92 Å². The Morgan fingerprint density at radius 2 is 1.87 bits per heavy atom. The molecule has 1 aliphatic rings. The van der Waals surface area contributed by atoms with E-state index in [2.05, 4.69) is 10.6 Å². The van der Waals surface area contributed by atoms with Crippen molar-refractivity contribution < 1.29 is 19.1 Å². The Labute approximate surface area is 185 Å². The van der Waals surface area contributed by atoms with Gasteiger partial charge in [0.1, 0.15) is 11.8 Å². The number of anilines is 1. The standard InChI is InChI=1S/C23H25N3O4S/c1-14-10-11-16(12-18(14)29-3)21-20(22(28)25-17-8-6-5-7-9-17)15(2)24-23(26-21)31-13-19(27)30-4/h5-12,21H,13H2,1-4H3,(H,24,26)(H,25,28)/t21-/m0/s1. The second-order valence-corrected chi connectivity index (χ2v) is 7.88. The van der Waals surface area contributed by atoms with Crippen molar-refractivity contribution in [3.05, 3.63) is 70.9 Å². The average molecular weight is 440 g/mol. The SMILES string of the molecule is COC(=O)CSC1=N[C@@H](c2ccc(C)c(OC)c2)C(C(=O)Nc2ccccc2)=C(C)N1. The van der Waals surface area contributed by atoms with Crippen LogP contribution < -0.4 is 15.4 Å². The molecule has 162 valence electrons. The number of allylic oxidation sites excluding steroid dienone is 1. The van der Waals surface area contributed by atoms with E-state index in [1.54, 1.807) is 7.11 Å². The zero-order valence-corrected chi connectivity index (χ0v) is 18.7. The van der Waals surface area contributed by atoms with Gasteiger partial charge >= 0.3 is 5.97 Å². The number of carbonyl (C=O) groups excluding carboxylic acids is 2. The number of hydrogen-bond acceptors (Lipinski definition) is 7. The third-order valence-electron chi connectivity index (χ3n) is 4.80. The van der Waals surface area contributed by atoms with Crippen LogP contribution in [-0.4, -0.2) is 37.0 Å². The third kappa shape index (κ3) is 5.46. The van der Waals surface area contributed by atoms with Crippen LogP contribution in [0.2, 0.25) is 0 Å². The van der Waals surface area contributed by atoms with Gasteiger partial charge in [0.25, 0.3) is 5.91 Å². The molecule has 0 unspecified atom stereocenters. The fourth-order valence-electron chi connectivity index (χ4n) is 3.17. The minimum atomic E-state index is -0.556. The molecule has 0 spiro atoms. The summed E-state index contributed by atoms with van der Waals surface area (Å²) in [6.07, 6.45) is 0. The van der Waals surface area contributed by atoms with Crippen LogP contribution in [0.4, 0.5) is 5.69 Å². The first-order valence-electron chi connectivity index (χ1n) is 9.69. The number of amidine groups is 1. The number of amides is 1. The summed E-state index contributed by atoms with van der Waals surface area (Å²) in [5, 5.41) is 6.63. The summed E-state index contributed by atoms with van der Waals surface area (Å²) in [5.74, 6) is 0.236. The first kappa shape index (κ1) is 22.4. The molecule has 0 aliphatic carbocycles. The van der Waals surface area contributed by atoms with Crippen molar-refractivity contribution in [2.24, 2.45) is 4.99 Å². The highest BCUT2D eigenvalue weighted by Gasteiger charge is 2.30. The van der Waals surface area contributed by atoms with E-state index in [4.69, 9.17) is 14.5 Å². The van der Waals surface area contributed by atoms with Gasteiger partial charge in [0.15, 0.2) is 5.17 Å². The maximum atomic E-state index is 13.2. The maximum Gasteiger partial charge on any atom is 0.316 e. The zero-order valence-electron chi connectivity index (χ0n) is 17.9. The molecular formula is C23H25N3O4S. The third-order valence-corrected chi connectivity index (χ3v) is 5.66. The van der Waals surface area contributed by atoms with Crippen molar-refractivity contribution in [1.82, 2.24) is 5.32 Å². The van der Waals surface area contributed by atoms with E-state index in [0.29, 0.717) is 22.1 Å². The normalized spacial score (nSPS) is 15.6. The summed E-state index contributed by atoms with van der Waals surface area (Å²) < 4.78 is 10.2. The van der Waals surface area contributed by atoms with Crippen LogP contribution in [0.1, 0.15) is 24.1 Å². The second-order valence-electron chi connectivity index (χ2n) is 6.91. The number of aryl methyl sites for hydroxylation is 1. The van der Waals surface area contributed by atoms with Gasteiger partial charge in [-0.1, -0.05) is 42.1 Å². The summed E-state index contributed by atoms with van der Waals surface area (Å²) in [6, 6.07) is 14.5. The number of thioether (sulfide) groups is 1. The fourth-order valence-corrected chi connectivity index (χ4v) is 3.95. The molecule has 0 saturated heterocycles. The average Bonchev–Trinajstić information content (AvgIpc) is 2.77. The van der Waals surface area contributed by atoms with Gasteiger partial charge < -0.3 is 20.1 Å². The molecule has 1 aliphatic heterocycles. The molecule has 31 heavy (non-hydrogen) atoms. The Morgan fingerprint density at radius 3 is 2.55 bits per heavy atom. The Kier molecular flexibility index (Phi) is 7.36. The van der Waals surface area contributed by atoms with Gasteiger partial charge in [-0.25, -0.2) is 4.99 Å². The number of ether oxygens (including phenoxy) is 2. The molecule has 2 aromatic carbocycles. The number of para-hydroxylation sites is 1. The molecule has 1 heterocycles. The van der Waals surface area contributed by atoms with Crippen LogP contribution in [-0.2, 0) is 14.3 Å². The van der Waals surface area contributed by atoms with Crippen LogP contribution in [0.15, 0.2) is 64.8 Å². The minimum absolute atomic E-state index is 0.116. The lowest BCUT2D eigenvalue weighted by Crippen LogP contribution is -2.32. The fraction of sp³-hybridized carbons (Fsp3) is 0.261. The number of aliphatic imine (C=N–C) groups is 1. The monoisotopic (exact) mass is 439 g/mol. The Balaban J connectivity index is 1.97. The highest BCUT2D eigenvalue weighted by molar-refractivity contribution is 8.14. The molecule has 0 saturated carbocycles. The van der Waals surface area contributed by atoms with E-state index in [0.717, 1.165) is 16.9 Å². The summed E-state index contributed by atoms with van der Waals surface area (Å²) in [7, 11) is 2.96. The van der Waals surface area contributed by atoms with Gasteiger partial charge in [-0.3, -0.25) is 9.59 Å². The molecule has 0 radical (unpaired) electrons. The number of methoxy groups -OCH3 is 2. The predicted molar refractivity (Wildman–Crippen MR) is 123 cm³/mol. The van der Waals surface area contributed by atoms with E-state index in [1.165, 1.54) is 18.9 Å². The summed E-state index contributed by atoms with van der Waals surface area (Å²) in [6.45, 7) is 3.78.